The number of hydrogen-bond acceptors (Lipinski definition) is 5. The Labute approximate surface area is 133 Å². The van der Waals surface area contributed by atoms with E-state index in [2.05, 4.69) is 20.8 Å². The third kappa shape index (κ3) is 4.23. The molecule has 7 heteroatoms. The highest BCUT2D eigenvalue weighted by molar-refractivity contribution is 5.92. The fraction of sp³-hybridized carbons (Fsp3) is 0.312. The SMILES string of the molecule is O=C(NCC1CCCO1)c1ccc(Nc2ccc(F)cc2)nn1. The average Bonchev–Trinajstić information content (AvgIpc) is 3.09. The second-order valence-electron chi connectivity index (χ2n) is 5.28. The largest absolute Gasteiger partial charge is 0.376 e. The molecule has 1 fully saturated rings. The van der Waals surface area contributed by atoms with Crippen LogP contribution < -0.4 is 10.6 Å². The number of aromatic nitrogens is 2. The third-order valence-corrected chi connectivity index (χ3v) is 3.53. The lowest BCUT2D eigenvalue weighted by Gasteiger charge is -2.10. The van der Waals surface area contributed by atoms with Crippen molar-refractivity contribution in [3.8, 4) is 0 Å². The molecule has 0 spiro atoms. The van der Waals surface area contributed by atoms with Crippen molar-refractivity contribution in [2.24, 2.45) is 0 Å². The lowest BCUT2D eigenvalue weighted by Crippen LogP contribution is -2.32. The summed E-state index contributed by atoms with van der Waals surface area (Å²) in [6.07, 6.45) is 2.09. The van der Waals surface area contributed by atoms with Gasteiger partial charge < -0.3 is 15.4 Å². The second-order valence-corrected chi connectivity index (χ2v) is 5.28. The van der Waals surface area contributed by atoms with Crippen molar-refractivity contribution in [1.29, 1.82) is 0 Å². The van der Waals surface area contributed by atoms with Crippen LogP contribution in [0.25, 0.3) is 0 Å². The van der Waals surface area contributed by atoms with Crippen molar-refractivity contribution in [3.63, 3.8) is 0 Å². The van der Waals surface area contributed by atoms with Gasteiger partial charge >= 0.3 is 0 Å². The molecule has 1 aromatic heterocycles. The van der Waals surface area contributed by atoms with Crippen LogP contribution in [0.2, 0.25) is 0 Å². The maximum absolute atomic E-state index is 12.8. The molecule has 0 radical (unpaired) electrons. The summed E-state index contributed by atoms with van der Waals surface area (Å²) in [5.41, 5.74) is 0.934. The Hall–Kier alpha value is -2.54. The zero-order chi connectivity index (χ0) is 16.1. The first kappa shape index (κ1) is 15.4. The Balaban J connectivity index is 1.55. The smallest absolute Gasteiger partial charge is 0.271 e. The number of nitrogens with one attached hydrogen (secondary N) is 2. The van der Waals surface area contributed by atoms with Gasteiger partial charge in [0, 0.05) is 18.8 Å². The van der Waals surface area contributed by atoms with Crippen molar-refractivity contribution in [1.82, 2.24) is 15.5 Å². The molecule has 1 aliphatic heterocycles. The fourth-order valence-electron chi connectivity index (χ4n) is 2.30. The van der Waals surface area contributed by atoms with E-state index in [9.17, 15) is 9.18 Å². The molecular weight excluding hydrogens is 299 g/mol. The molecule has 6 nitrogen and oxygen atoms in total. The monoisotopic (exact) mass is 316 g/mol. The van der Waals surface area contributed by atoms with E-state index in [0.29, 0.717) is 18.1 Å². The fourth-order valence-corrected chi connectivity index (χ4v) is 2.30. The maximum atomic E-state index is 12.8. The summed E-state index contributed by atoms with van der Waals surface area (Å²) in [6, 6.07) is 9.13. The summed E-state index contributed by atoms with van der Waals surface area (Å²) in [5.74, 6) is -0.103. The molecule has 120 valence electrons. The van der Waals surface area contributed by atoms with Gasteiger partial charge in [0.1, 0.15) is 5.82 Å². The first-order valence-corrected chi connectivity index (χ1v) is 7.47. The van der Waals surface area contributed by atoms with Crippen molar-refractivity contribution < 1.29 is 13.9 Å². The Morgan fingerprint density at radius 1 is 1.22 bits per heavy atom. The second kappa shape index (κ2) is 7.15. The van der Waals surface area contributed by atoms with Crippen molar-refractivity contribution in [3.05, 3.63) is 47.9 Å². The minimum Gasteiger partial charge on any atom is -0.376 e. The van der Waals surface area contributed by atoms with Gasteiger partial charge in [-0.05, 0) is 49.2 Å². The highest BCUT2D eigenvalue weighted by Crippen LogP contribution is 2.14. The highest BCUT2D eigenvalue weighted by Gasteiger charge is 2.17. The number of amides is 1. The van der Waals surface area contributed by atoms with Crippen LogP contribution in [-0.4, -0.2) is 35.4 Å². The number of nitrogens with zero attached hydrogens (tertiary/aromatic N) is 2. The number of carbonyl (C=O) groups is 1. The molecule has 1 aromatic carbocycles. The van der Waals surface area contributed by atoms with Gasteiger partial charge in [-0.15, -0.1) is 10.2 Å². The van der Waals surface area contributed by atoms with Crippen LogP contribution in [0.5, 0.6) is 0 Å². The molecule has 3 rings (SSSR count). The Morgan fingerprint density at radius 2 is 2.04 bits per heavy atom. The van der Waals surface area contributed by atoms with Crippen LogP contribution >= 0.6 is 0 Å². The third-order valence-electron chi connectivity index (χ3n) is 3.53. The normalized spacial score (nSPS) is 17.0. The molecular formula is C16H17FN4O2. The van der Waals surface area contributed by atoms with E-state index in [1.807, 2.05) is 0 Å². The van der Waals surface area contributed by atoms with Crippen LogP contribution in [0, 0.1) is 5.82 Å². The number of hydrogen-bond donors (Lipinski definition) is 2. The molecule has 0 bridgehead atoms. The van der Waals surface area contributed by atoms with Crippen LogP contribution in [0.4, 0.5) is 15.9 Å². The molecule has 23 heavy (non-hydrogen) atoms. The van der Waals surface area contributed by atoms with Crippen LogP contribution in [0.15, 0.2) is 36.4 Å². The van der Waals surface area contributed by atoms with Crippen LogP contribution in [0.3, 0.4) is 0 Å². The summed E-state index contributed by atoms with van der Waals surface area (Å²) in [4.78, 5) is 12.0. The number of rotatable bonds is 5. The standard InChI is InChI=1S/C16H17FN4O2/c17-11-3-5-12(6-4-11)19-15-8-7-14(20-21-15)16(22)18-10-13-2-1-9-23-13/h3-8,13H,1-2,9-10H2,(H,18,22)(H,19,21). The molecule has 2 heterocycles. The van der Waals surface area contributed by atoms with Gasteiger partial charge in [0.05, 0.1) is 6.10 Å². The van der Waals surface area contributed by atoms with Gasteiger partial charge in [0.25, 0.3) is 5.91 Å². The van der Waals surface area contributed by atoms with Gasteiger partial charge in [0.2, 0.25) is 0 Å². The van der Waals surface area contributed by atoms with E-state index in [0.717, 1.165) is 19.4 Å². The topological polar surface area (TPSA) is 76.1 Å². The van der Waals surface area contributed by atoms with Gasteiger partial charge in [-0.25, -0.2) is 4.39 Å². The minimum atomic E-state index is -0.306. The molecule has 2 aromatic rings. The first-order chi connectivity index (χ1) is 11.2. The van der Waals surface area contributed by atoms with Gasteiger partial charge in [0.15, 0.2) is 11.5 Å². The molecule has 1 unspecified atom stereocenters. The van der Waals surface area contributed by atoms with E-state index >= 15 is 0 Å². The lowest BCUT2D eigenvalue weighted by molar-refractivity contribution is 0.0853. The molecule has 2 N–H and O–H groups in total. The van der Waals surface area contributed by atoms with Gasteiger partial charge in [-0.2, -0.15) is 0 Å². The van der Waals surface area contributed by atoms with Gasteiger partial charge in [-0.3, -0.25) is 4.79 Å². The summed E-state index contributed by atoms with van der Waals surface area (Å²) in [6.45, 7) is 1.24. The zero-order valence-electron chi connectivity index (χ0n) is 12.5. The summed E-state index contributed by atoms with van der Waals surface area (Å²) < 4.78 is 18.3. The molecule has 1 saturated heterocycles. The summed E-state index contributed by atoms with van der Waals surface area (Å²) >= 11 is 0. The van der Waals surface area contributed by atoms with Gasteiger partial charge in [-0.1, -0.05) is 0 Å². The molecule has 1 aliphatic rings. The lowest BCUT2D eigenvalue weighted by atomic mass is 10.2. The van der Waals surface area contributed by atoms with E-state index in [1.165, 1.54) is 12.1 Å². The van der Waals surface area contributed by atoms with E-state index in [-0.39, 0.29) is 23.5 Å². The number of ether oxygens (including phenoxy) is 1. The highest BCUT2D eigenvalue weighted by atomic mass is 19.1. The number of halogens is 1. The zero-order valence-corrected chi connectivity index (χ0v) is 12.5. The Kier molecular flexibility index (Phi) is 4.77. The van der Waals surface area contributed by atoms with Crippen LogP contribution in [-0.2, 0) is 4.74 Å². The van der Waals surface area contributed by atoms with E-state index in [1.54, 1.807) is 24.3 Å². The first-order valence-electron chi connectivity index (χ1n) is 7.47. The molecule has 0 aliphatic carbocycles. The van der Waals surface area contributed by atoms with Crippen LogP contribution in [0.1, 0.15) is 23.3 Å². The number of anilines is 2. The molecule has 1 amide bonds. The molecule has 0 saturated carbocycles. The number of benzene rings is 1. The number of carbonyl (C=O) groups excluding carboxylic acids is 1. The summed E-state index contributed by atoms with van der Waals surface area (Å²) in [5, 5.41) is 13.6. The van der Waals surface area contributed by atoms with Crippen molar-refractivity contribution >= 4 is 17.4 Å². The predicted octanol–water partition coefficient (Wildman–Crippen LogP) is 2.27. The van der Waals surface area contributed by atoms with Crippen molar-refractivity contribution in [2.75, 3.05) is 18.5 Å². The summed E-state index contributed by atoms with van der Waals surface area (Å²) in [7, 11) is 0. The Bertz CT molecular complexity index is 655. The van der Waals surface area contributed by atoms with E-state index in [4.69, 9.17) is 4.74 Å². The average molecular weight is 316 g/mol. The maximum Gasteiger partial charge on any atom is 0.271 e. The van der Waals surface area contributed by atoms with E-state index < -0.39 is 0 Å². The Morgan fingerprint density at radius 3 is 2.70 bits per heavy atom. The predicted molar refractivity (Wildman–Crippen MR) is 83.0 cm³/mol. The van der Waals surface area contributed by atoms with Crippen molar-refractivity contribution in [2.45, 2.75) is 18.9 Å². The minimum absolute atomic E-state index is 0.0892. The molecule has 1 atom stereocenters. The quantitative estimate of drug-likeness (QED) is 0.885.